The maximum absolute atomic E-state index is 12.0. The summed E-state index contributed by atoms with van der Waals surface area (Å²) in [4.78, 5) is 18.4. The molecule has 5 nitrogen and oxygen atoms in total. The molecule has 1 rings (SSSR count). The molecule has 0 aliphatic rings. The van der Waals surface area contributed by atoms with Crippen LogP contribution in [0.3, 0.4) is 0 Å². The number of guanidine groups is 1. The van der Waals surface area contributed by atoms with E-state index in [1.807, 2.05) is 24.3 Å². The van der Waals surface area contributed by atoms with Crippen molar-refractivity contribution in [2.24, 2.45) is 4.99 Å². The van der Waals surface area contributed by atoms with Crippen molar-refractivity contribution in [3.63, 3.8) is 0 Å². The third-order valence-electron chi connectivity index (χ3n) is 3.90. The van der Waals surface area contributed by atoms with Crippen molar-refractivity contribution < 1.29 is 4.79 Å². The molecular weight excluding hydrogens is 300 g/mol. The third-order valence-corrected chi connectivity index (χ3v) is 3.90. The fourth-order valence-electron chi connectivity index (χ4n) is 2.32. The van der Waals surface area contributed by atoms with E-state index < -0.39 is 0 Å². The number of nitrogens with one attached hydrogen (secondary N) is 2. The van der Waals surface area contributed by atoms with Crippen LogP contribution in [-0.2, 0) is 6.54 Å². The number of carbonyl (C=O) groups is 1. The van der Waals surface area contributed by atoms with Gasteiger partial charge in [0.1, 0.15) is 0 Å². The molecule has 1 aromatic rings. The highest BCUT2D eigenvalue weighted by molar-refractivity contribution is 5.94. The van der Waals surface area contributed by atoms with Crippen molar-refractivity contribution in [2.45, 2.75) is 46.1 Å². The van der Waals surface area contributed by atoms with Gasteiger partial charge in [-0.25, -0.2) is 0 Å². The second-order valence-electron chi connectivity index (χ2n) is 5.98. The minimum Gasteiger partial charge on any atom is -0.352 e. The predicted octanol–water partition coefficient (Wildman–Crippen LogP) is 3.02. The molecular formula is C19H32N4O. The van der Waals surface area contributed by atoms with Crippen LogP contribution in [0.5, 0.6) is 0 Å². The fourth-order valence-corrected chi connectivity index (χ4v) is 2.32. The Morgan fingerprint density at radius 1 is 1.08 bits per heavy atom. The summed E-state index contributed by atoms with van der Waals surface area (Å²) in [6.45, 7) is 6.72. The van der Waals surface area contributed by atoms with E-state index >= 15 is 0 Å². The van der Waals surface area contributed by atoms with Crippen molar-refractivity contribution >= 4 is 11.9 Å². The van der Waals surface area contributed by atoms with Gasteiger partial charge in [-0.05, 0) is 30.5 Å². The average Bonchev–Trinajstić information content (AvgIpc) is 2.61. The summed E-state index contributed by atoms with van der Waals surface area (Å²) in [7, 11) is 3.85. The summed E-state index contributed by atoms with van der Waals surface area (Å²) in [6.07, 6.45) is 4.42. The lowest BCUT2D eigenvalue weighted by Crippen LogP contribution is -2.38. The first kappa shape index (κ1) is 20.0. The predicted molar refractivity (Wildman–Crippen MR) is 101 cm³/mol. The summed E-state index contributed by atoms with van der Waals surface area (Å²) >= 11 is 0. The lowest BCUT2D eigenvalue weighted by Gasteiger charge is -2.21. The highest BCUT2D eigenvalue weighted by Crippen LogP contribution is 2.05. The second-order valence-corrected chi connectivity index (χ2v) is 5.98. The number of hydrogen-bond acceptors (Lipinski definition) is 2. The van der Waals surface area contributed by atoms with Gasteiger partial charge in [0.15, 0.2) is 5.96 Å². The quantitative estimate of drug-likeness (QED) is 0.415. The van der Waals surface area contributed by atoms with Crippen LogP contribution >= 0.6 is 0 Å². The van der Waals surface area contributed by atoms with E-state index in [9.17, 15) is 4.79 Å². The molecule has 0 aliphatic heterocycles. The van der Waals surface area contributed by atoms with Crippen LogP contribution in [0.1, 0.15) is 55.5 Å². The Bertz CT molecular complexity index is 511. The molecule has 5 heteroatoms. The highest BCUT2D eigenvalue weighted by Gasteiger charge is 2.06. The number of aliphatic imine (C=N–C) groups is 1. The van der Waals surface area contributed by atoms with Crippen molar-refractivity contribution in [2.75, 3.05) is 27.2 Å². The van der Waals surface area contributed by atoms with E-state index in [4.69, 9.17) is 0 Å². The summed E-state index contributed by atoms with van der Waals surface area (Å²) in [5.41, 5.74) is 1.84. The maximum atomic E-state index is 12.0. The topological polar surface area (TPSA) is 56.7 Å². The Hall–Kier alpha value is -2.04. The van der Waals surface area contributed by atoms with Gasteiger partial charge in [-0.15, -0.1) is 0 Å². The van der Waals surface area contributed by atoms with Crippen LogP contribution in [0.15, 0.2) is 29.3 Å². The molecule has 0 radical (unpaired) electrons. The Balaban J connectivity index is 2.50. The molecule has 1 amide bonds. The van der Waals surface area contributed by atoms with Gasteiger partial charge in [-0.1, -0.05) is 38.8 Å². The van der Waals surface area contributed by atoms with E-state index in [1.165, 1.54) is 6.42 Å². The minimum atomic E-state index is -0.00179. The van der Waals surface area contributed by atoms with Crippen LogP contribution < -0.4 is 10.6 Å². The molecule has 24 heavy (non-hydrogen) atoms. The minimum absolute atomic E-state index is 0.00179. The summed E-state index contributed by atoms with van der Waals surface area (Å²) in [6, 6.07) is 7.73. The van der Waals surface area contributed by atoms with E-state index in [0.717, 1.165) is 43.9 Å². The summed E-state index contributed by atoms with van der Waals surface area (Å²) in [5, 5.41) is 6.29. The number of rotatable bonds is 9. The molecule has 0 aliphatic carbocycles. The molecule has 0 unspecified atom stereocenters. The number of unbranched alkanes of at least 4 members (excludes halogenated alkanes) is 2. The molecule has 0 spiro atoms. The van der Waals surface area contributed by atoms with Crippen molar-refractivity contribution in [3.05, 3.63) is 35.4 Å². The molecule has 0 bridgehead atoms. The average molecular weight is 332 g/mol. The van der Waals surface area contributed by atoms with Gasteiger partial charge in [0.05, 0.1) is 0 Å². The molecule has 0 atom stereocenters. The van der Waals surface area contributed by atoms with Crippen LogP contribution in [0, 0.1) is 0 Å². The summed E-state index contributed by atoms with van der Waals surface area (Å²) in [5.74, 6) is 0.892. The first-order valence-electron chi connectivity index (χ1n) is 8.91. The van der Waals surface area contributed by atoms with Crippen molar-refractivity contribution in [1.82, 2.24) is 15.5 Å². The van der Waals surface area contributed by atoms with Crippen molar-refractivity contribution in [3.8, 4) is 0 Å². The monoisotopic (exact) mass is 332 g/mol. The Morgan fingerprint density at radius 3 is 2.33 bits per heavy atom. The van der Waals surface area contributed by atoms with Gasteiger partial charge >= 0.3 is 0 Å². The van der Waals surface area contributed by atoms with Gasteiger partial charge < -0.3 is 15.5 Å². The maximum Gasteiger partial charge on any atom is 0.251 e. The largest absolute Gasteiger partial charge is 0.352 e. The first-order chi connectivity index (χ1) is 11.6. The smallest absolute Gasteiger partial charge is 0.251 e. The highest BCUT2D eigenvalue weighted by atomic mass is 16.1. The number of nitrogens with zero attached hydrogens (tertiary/aromatic N) is 2. The zero-order valence-corrected chi connectivity index (χ0v) is 15.6. The lowest BCUT2D eigenvalue weighted by molar-refractivity contribution is 0.0953. The van der Waals surface area contributed by atoms with E-state index in [1.54, 1.807) is 7.05 Å². The van der Waals surface area contributed by atoms with Crippen LogP contribution in [0.25, 0.3) is 0 Å². The molecule has 1 aromatic carbocycles. The lowest BCUT2D eigenvalue weighted by atomic mass is 10.1. The molecule has 2 N–H and O–H groups in total. The molecule has 0 fully saturated rings. The van der Waals surface area contributed by atoms with Gasteiger partial charge in [0, 0.05) is 39.3 Å². The number of benzene rings is 1. The van der Waals surface area contributed by atoms with Gasteiger partial charge in [-0.2, -0.15) is 0 Å². The van der Waals surface area contributed by atoms with Crippen molar-refractivity contribution in [1.29, 1.82) is 0 Å². The van der Waals surface area contributed by atoms with Gasteiger partial charge in [0.25, 0.3) is 5.91 Å². The Morgan fingerprint density at radius 2 is 1.75 bits per heavy atom. The van der Waals surface area contributed by atoms with Crippen LogP contribution in [-0.4, -0.2) is 44.0 Å². The number of hydrogen-bond donors (Lipinski definition) is 2. The SMILES string of the molecule is CCCCNC(=O)c1ccc(CNC(=NC)N(C)CCCC)cc1. The molecule has 0 saturated carbocycles. The first-order valence-corrected chi connectivity index (χ1v) is 8.91. The number of amides is 1. The molecule has 0 heterocycles. The molecule has 0 aromatic heterocycles. The third kappa shape index (κ3) is 7.02. The Labute approximate surface area is 146 Å². The molecule has 0 saturated heterocycles. The fraction of sp³-hybridized carbons (Fsp3) is 0.579. The van der Waals surface area contributed by atoms with E-state index in [0.29, 0.717) is 12.1 Å². The number of carbonyl (C=O) groups excluding carboxylic acids is 1. The zero-order valence-electron chi connectivity index (χ0n) is 15.6. The Kier molecular flexibility index (Phi) is 9.58. The van der Waals surface area contributed by atoms with Crippen LogP contribution in [0.2, 0.25) is 0 Å². The molecule has 134 valence electrons. The zero-order chi connectivity index (χ0) is 17.8. The second kappa shape index (κ2) is 11.5. The van der Waals surface area contributed by atoms with E-state index in [-0.39, 0.29) is 5.91 Å². The van der Waals surface area contributed by atoms with Gasteiger partial charge in [0.2, 0.25) is 0 Å². The summed E-state index contributed by atoms with van der Waals surface area (Å²) < 4.78 is 0. The normalized spacial score (nSPS) is 11.2. The standard InChI is InChI=1S/C19H32N4O/c1-5-7-13-21-18(24)17-11-9-16(10-12-17)15-22-19(20-3)23(4)14-8-6-2/h9-12H,5-8,13-15H2,1-4H3,(H,20,22)(H,21,24). The van der Waals surface area contributed by atoms with E-state index in [2.05, 4.69) is 41.4 Å². The van der Waals surface area contributed by atoms with Crippen LogP contribution in [0.4, 0.5) is 0 Å². The van der Waals surface area contributed by atoms with Gasteiger partial charge in [-0.3, -0.25) is 9.79 Å².